The van der Waals surface area contributed by atoms with E-state index in [0.29, 0.717) is 6.04 Å². The first kappa shape index (κ1) is 12.0. The Kier molecular flexibility index (Phi) is 3.09. The minimum absolute atomic E-state index is 0.103. The van der Waals surface area contributed by atoms with Crippen LogP contribution in [0.4, 0.5) is 5.69 Å². The topological polar surface area (TPSA) is 40.5 Å². The molecule has 2 unspecified atom stereocenters. The van der Waals surface area contributed by atoms with Crippen LogP contribution in [0.3, 0.4) is 0 Å². The fourth-order valence-electron chi connectivity index (χ4n) is 2.56. The lowest BCUT2D eigenvalue weighted by molar-refractivity contribution is -0.141. The number of hydrogen-bond acceptors (Lipinski definition) is 2. The first-order valence-corrected chi connectivity index (χ1v) is 6.10. The maximum atomic E-state index is 11.2. The van der Waals surface area contributed by atoms with Gasteiger partial charge in [0.25, 0.3) is 0 Å². The quantitative estimate of drug-likeness (QED) is 0.872. The number of carbonyl (C=O) groups is 1. The van der Waals surface area contributed by atoms with Gasteiger partial charge < -0.3 is 10.0 Å². The predicted molar refractivity (Wildman–Crippen MR) is 68.5 cm³/mol. The molecule has 0 aliphatic carbocycles. The molecule has 92 valence electrons. The van der Waals surface area contributed by atoms with Crippen LogP contribution in [0.1, 0.15) is 32.3 Å². The summed E-state index contributed by atoms with van der Waals surface area (Å²) in [5, 5.41) is 9.17. The molecule has 0 spiro atoms. The van der Waals surface area contributed by atoms with E-state index < -0.39 is 5.97 Å². The summed E-state index contributed by atoms with van der Waals surface area (Å²) >= 11 is 0. The lowest BCUT2D eigenvalue weighted by atomic mass is 9.89. The first-order valence-electron chi connectivity index (χ1n) is 6.10. The van der Waals surface area contributed by atoms with Gasteiger partial charge in [-0.2, -0.15) is 0 Å². The molecule has 1 aliphatic heterocycles. The molecule has 0 bridgehead atoms. The lowest BCUT2D eigenvalue weighted by Gasteiger charge is -2.25. The summed E-state index contributed by atoms with van der Waals surface area (Å²) < 4.78 is 0. The largest absolute Gasteiger partial charge is 0.481 e. The summed E-state index contributed by atoms with van der Waals surface area (Å²) in [5.74, 6) is -0.943. The van der Waals surface area contributed by atoms with Crippen molar-refractivity contribution < 1.29 is 9.90 Å². The summed E-state index contributed by atoms with van der Waals surface area (Å²) in [5.41, 5.74) is 2.37. The molecular weight excluding hydrogens is 214 g/mol. The normalized spacial score (nSPS) is 20.5. The van der Waals surface area contributed by atoms with Gasteiger partial charge in [-0.05, 0) is 25.5 Å². The van der Waals surface area contributed by atoms with Crippen LogP contribution < -0.4 is 4.90 Å². The van der Waals surface area contributed by atoms with Crippen molar-refractivity contribution in [3.05, 3.63) is 29.8 Å². The van der Waals surface area contributed by atoms with Crippen molar-refractivity contribution in [1.82, 2.24) is 0 Å². The highest BCUT2D eigenvalue weighted by Crippen LogP contribution is 2.41. The van der Waals surface area contributed by atoms with Gasteiger partial charge in [0.15, 0.2) is 0 Å². The smallest absolute Gasteiger partial charge is 0.306 e. The zero-order valence-electron chi connectivity index (χ0n) is 10.6. The van der Waals surface area contributed by atoms with E-state index in [1.54, 1.807) is 6.92 Å². The molecule has 0 amide bonds. The van der Waals surface area contributed by atoms with E-state index in [1.165, 1.54) is 11.3 Å². The number of rotatable bonds is 3. The van der Waals surface area contributed by atoms with Crippen molar-refractivity contribution in [3.63, 3.8) is 0 Å². The summed E-state index contributed by atoms with van der Waals surface area (Å²) in [4.78, 5) is 13.4. The fraction of sp³-hybridized carbons (Fsp3) is 0.500. The van der Waals surface area contributed by atoms with Crippen molar-refractivity contribution in [2.75, 3.05) is 11.4 Å². The van der Waals surface area contributed by atoms with Crippen LogP contribution in [-0.4, -0.2) is 23.7 Å². The van der Waals surface area contributed by atoms with Crippen molar-refractivity contribution in [2.45, 2.75) is 32.7 Å². The van der Waals surface area contributed by atoms with E-state index in [2.05, 4.69) is 30.9 Å². The SMILES string of the molecule is CC(C(=O)O)C1CN(C(C)C)c2ccccc21. The Morgan fingerprint density at radius 1 is 1.35 bits per heavy atom. The average molecular weight is 233 g/mol. The van der Waals surface area contributed by atoms with Gasteiger partial charge in [-0.3, -0.25) is 4.79 Å². The summed E-state index contributed by atoms with van der Waals surface area (Å²) in [6.07, 6.45) is 0. The molecule has 17 heavy (non-hydrogen) atoms. The molecule has 0 radical (unpaired) electrons. The van der Waals surface area contributed by atoms with Crippen LogP contribution in [0.15, 0.2) is 24.3 Å². The van der Waals surface area contributed by atoms with Crippen LogP contribution in [0.5, 0.6) is 0 Å². The molecule has 0 saturated carbocycles. The number of fused-ring (bicyclic) bond motifs is 1. The monoisotopic (exact) mass is 233 g/mol. The van der Waals surface area contributed by atoms with Crippen LogP contribution in [0.25, 0.3) is 0 Å². The Hall–Kier alpha value is -1.51. The summed E-state index contributed by atoms with van der Waals surface area (Å²) in [7, 11) is 0. The fourth-order valence-corrected chi connectivity index (χ4v) is 2.56. The molecule has 0 aromatic heterocycles. The third kappa shape index (κ3) is 2.02. The Labute approximate surface area is 102 Å². The zero-order valence-corrected chi connectivity index (χ0v) is 10.6. The molecule has 3 nitrogen and oxygen atoms in total. The third-order valence-corrected chi connectivity index (χ3v) is 3.66. The molecule has 1 aliphatic rings. The second-order valence-electron chi connectivity index (χ2n) is 5.04. The Morgan fingerprint density at radius 2 is 2.00 bits per heavy atom. The number of anilines is 1. The van der Waals surface area contributed by atoms with Gasteiger partial charge >= 0.3 is 5.97 Å². The molecule has 1 heterocycles. The van der Waals surface area contributed by atoms with Gasteiger partial charge in [-0.25, -0.2) is 0 Å². The Balaban J connectivity index is 2.38. The first-order chi connectivity index (χ1) is 8.02. The number of carboxylic acid groups (broad SMARTS) is 1. The highest BCUT2D eigenvalue weighted by molar-refractivity contribution is 5.73. The van der Waals surface area contributed by atoms with Gasteiger partial charge in [0, 0.05) is 24.2 Å². The minimum atomic E-state index is -0.713. The van der Waals surface area contributed by atoms with Gasteiger partial charge in [-0.1, -0.05) is 25.1 Å². The molecule has 1 N–H and O–H groups in total. The number of benzene rings is 1. The molecule has 1 aromatic carbocycles. The number of para-hydroxylation sites is 1. The number of aliphatic carboxylic acids is 1. The lowest BCUT2D eigenvalue weighted by Crippen LogP contribution is -2.31. The number of hydrogen-bond donors (Lipinski definition) is 1. The van der Waals surface area contributed by atoms with E-state index in [1.807, 2.05) is 12.1 Å². The van der Waals surface area contributed by atoms with Gasteiger partial charge in [0.2, 0.25) is 0 Å². The average Bonchev–Trinajstić information content (AvgIpc) is 2.67. The summed E-state index contributed by atoms with van der Waals surface area (Å²) in [6.45, 7) is 6.90. The molecule has 2 atom stereocenters. The summed E-state index contributed by atoms with van der Waals surface area (Å²) in [6, 6.07) is 8.56. The second kappa shape index (κ2) is 4.40. The van der Waals surface area contributed by atoms with E-state index >= 15 is 0 Å². The van der Waals surface area contributed by atoms with Crippen LogP contribution >= 0.6 is 0 Å². The zero-order chi connectivity index (χ0) is 12.6. The van der Waals surface area contributed by atoms with Crippen LogP contribution in [0.2, 0.25) is 0 Å². The number of carboxylic acids is 1. The van der Waals surface area contributed by atoms with Crippen molar-refractivity contribution in [2.24, 2.45) is 5.92 Å². The van der Waals surface area contributed by atoms with E-state index in [-0.39, 0.29) is 11.8 Å². The predicted octanol–water partition coefficient (Wildman–Crippen LogP) is 2.72. The van der Waals surface area contributed by atoms with Gasteiger partial charge in [0.05, 0.1) is 5.92 Å². The molecular formula is C14H19NO2. The standard InChI is InChI=1S/C14H19NO2/c1-9(2)15-8-12(10(3)14(16)17)11-6-4-5-7-13(11)15/h4-7,9-10,12H,8H2,1-3H3,(H,16,17). The van der Waals surface area contributed by atoms with Gasteiger partial charge in [0.1, 0.15) is 0 Å². The molecule has 1 aromatic rings. The Bertz CT molecular complexity index is 428. The molecule has 2 rings (SSSR count). The minimum Gasteiger partial charge on any atom is -0.481 e. The second-order valence-corrected chi connectivity index (χ2v) is 5.04. The highest BCUT2D eigenvalue weighted by Gasteiger charge is 2.35. The van der Waals surface area contributed by atoms with E-state index in [4.69, 9.17) is 0 Å². The van der Waals surface area contributed by atoms with Gasteiger partial charge in [-0.15, -0.1) is 0 Å². The van der Waals surface area contributed by atoms with Crippen molar-refractivity contribution >= 4 is 11.7 Å². The Morgan fingerprint density at radius 3 is 2.59 bits per heavy atom. The number of nitrogens with zero attached hydrogens (tertiary/aromatic N) is 1. The molecule has 0 saturated heterocycles. The van der Waals surface area contributed by atoms with Crippen LogP contribution in [0, 0.1) is 5.92 Å². The molecule has 0 fully saturated rings. The molecule has 3 heteroatoms. The van der Waals surface area contributed by atoms with Crippen molar-refractivity contribution in [1.29, 1.82) is 0 Å². The highest BCUT2D eigenvalue weighted by atomic mass is 16.4. The van der Waals surface area contributed by atoms with Crippen molar-refractivity contribution in [3.8, 4) is 0 Å². The van der Waals surface area contributed by atoms with E-state index in [9.17, 15) is 9.90 Å². The van der Waals surface area contributed by atoms with Crippen LogP contribution in [-0.2, 0) is 4.79 Å². The third-order valence-electron chi connectivity index (χ3n) is 3.66. The maximum Gasteiger partial charge on any atom is 0.306 e. The van der Waals surface area contributed by atoms with E-state index in [0.717, 1.165) is 6.54 Å². The maximum absolute atomic E-state index is 11.2.